The number of hydrogen-bond donors (Lipinski definition) is 0. The topological polar surface area (TPSA) is 59.2 Å². The van der Waals surface area contributed by atoms with Crippen molar-refractivity contribution in [3.63, 3.8) is 0 Å². The van der Waals surface area contributed by atoms with Gasteiger partial charge in [0.15, 0.2) is 0 Å². The molecule has 4 aromatic rings. The minimum Gasteiger partial charge on any atom is -0.419 e. The largest absolute Gasteiger partial charge is 0.419 e. The molecule has 0 aliphatic rings. The smallest absolute Gasteiger partial charge is 0.254 e. The number of nitrogens with zero attached hydrogens (tertiary/aromatic N) is 3. The van der Waals surface area contributed by atoms with E-state index in [-0.39, 0.29) is 12.5 Å². The van der Waals surface area contributed by atoms with Crippen LogP contribution in [0.4, 0.5) is 0 Å². The summed E-state index contributed by atoms with van der Waals surface area (Å²) >= 11 is 0. The number of carbonyl (C=O) groups excluding carboxylic acids is 1. The van der Waals surface area contributed by atoms with Crippen molar-refractivity contribution in [3.8, 4) is 11.5 Å². The van der Waals surface area contributed by atoms with Gasteiger partial charge in [-0.1, -0.05) is 48.5 Å². The van der Waals surface area contributed by atoms with Gasteiger partial charge in [-0.15, -0.1) is 10.2 Å². The van der Waals surface area contributed by atoms with Gasteiger partial charge < -0.3 is 9.32 Å². The van der Waals surface area contributed by atoms with Crippen molar-refractivity contribution < 1.29 is 9.21 Å². The second-order valence-corrected chi connectivity index (χ2v) is 6.09. The van der Waals surface area contributed by atoms with Crippen LogP contribution in [0.15, 0.2) is 77.2 Å². The van der Waals surface area contributed by atoms with Crippen molar-refractivity contribution in [2.45, 2.75) is 6.54 Å². The molecule has 26 heavy (non-hydrogen) atoms. The molecule has 0 radical (unpaired) electrons. The van der Waals surface area contributed by atoms with E-state index in [1.165, 1.54) is 0 Å². The summed E-state index contributed by atoms with van der Waals surface area (Å²) in [5, 5.41) is 10.3. The standard InChI is InChI=1S/C21H17N3O2/c1-24(14-19-22-23-20(26-19)16-8-3-2-4-9-16)21(25)18-12-11-15-7-5-6-10-17(15)13-18/h2-13H,14H2,1H3. The molecule has 0 spiro atoms. The van der Waals surface area contributed by atoms with Crippen LogP contribution in [-0.4, -0.2) is 28.1 Å². The van der Waals surface area contributed by atoms with Gasteiger partial charge in [-0.3, -0.25) is 4.79 Å². The number of benzene rings is 3. The van der Waals surface area contributed by atoms with E-state index in [9.17, 15) is 4.79 Å². The Kier molecular flexibility index (Phi) is 4.19. The molecule has 128 valence electrons. The van der Waals surface area contributed by atoms with E-state index >= 15 is 0 Å². The maximum absolute atomic E-state index is 12.7. The number of amides is 1. The minimum absolute atomic E-state index is 0.0878. The Morgan fingerprint density at radius 3 is 2.46 bits per heavy atom. The summed E-state index contributed by atoms with van der Waals surface area (Å²) in [5.74, 6) is 0.767. The van der Waals surface area contributed by atoms with E-state index in [4.69, 9.17) is 4.42 Å². The summed E-state index contributed by atoms with van der Waals surface area (Å²) in [7, 11) is 1.73. The third-order valence-electron chi connectivity index (χ3n) is 4.20. The molecule has 1 heterocycles. The molecule has 0 fully saturated rings. The molecule has 1 amide bonds. The van der Waals surface area contributed by atoms with Crippen LogP contribution in [0.5, 0.6) is 0 Å². The molecule has 3 aromatic carbocycles. The number of rotatable bonds is 4. The van der Waals surface area contributed by atoms with Crippen molar-refractivity contribution in [2.75, 3.05) is 7.05 Å². The van der Waals surface area contributed by atoms with Crippen molar-refractivity contribution in [1.29, 1.82) is 0 Å². The SMILES string of the molecule is CN(Cc1nnc(-c2ccccc2)o1)C(=O)c1ccc2ccccc2c1. The van der Waals surface area contributed by atoms with Crippen LogP contribution in [0.2, 0.25) is 0 Å². The first kappa shape index (κ1) is 16.0. The molecule has 0 aliphatic heterocycles. The van der Waals surface area contributed by atoms with Gasteiger partial charge in [-0.05, 0) is 35.0 Å². The quantitative estimate of drug-likeness (QED) is 0.558. The van der Waals surface area contributed by atoms with E-state index < -0.39 is 0 Å². The summed E-state index contributed by atoms with van der Waals surface area (Å²) in [6.07, 6.45) is 0. The van der Waals surface area contributed by atoms with Gasteiger partial charge in [-0.2, -0.15) is 0 Å². The second-order valence-electron chi connectivity index (χ2n) is 6.09. The monoisotopic (exact) mass is 343 g/mol. The number of carbonyl (C=O) groups is 1. The predicted molar refractivity (Wildman–Crippen MR) is 99.5 cm³/mol. The fraction of sp³-hybridized carbons (Fsp3) is 0.0952. The molecule has 0 saturated heterocycles. The van der Waals surface area contributed by atoms with Crippen molar-refractivity contribution in [1.82, 2.24) is 15.1 Å². The lowest BCUT2D eigenvalue weighted by molar-refractivity contribution is 0.0773. The van der Waals surface area contributed by atoms with E-state index in [2.05, 4.69) is 10.2 Å². The van der Waals surface area contributed by atoms with Crippen LogP contribution in [-0.2, 0) is 6.54 Å². The molecule has 0 unspecified atom stereocenters. The van der Waals surface area contributed by atoms with Gasteiger partial charge in [-0.25, -0.2) is 0 Å². The summed E-state index contributed by atoms with van der Waals surface area (Å²) in [5.41, 5.74) is 1.49. The highest BCUT2D eigenvalue weighted by Gasteiger charge is 2.16. The lowest BCUT2D eigenvalue weighted by Crippen LogP contribution is -2.26. The molecule has 5 nitrogen and oxygen atoms in total. The maximum Gasteiger partial charge on any atom is 0.254 e. The molecule has 5 heteroatoms. The molecular formula is C21H17N3O2. The Balaban J connectivity index is 1.51. The molecule has 0 aliphatic carbocycles. The van der Waals surface area contributed by atoms with Crippen LogP contribution >= 0.6 is 0 Å². The van der Waals surface area contributed by atoms with E-state index in [1.807, 2.05) is 72.8 Å². The molecular weight excluding hydrogens is 326 g/mol. The van der Waals surface area contributed by atoms with Gasteiger partial charge in [0, 0.05) is 18.2 Å². The van der Waals surface area contributed by atoms with E-state index in [0.717, 1.165) is 16.3 Å². The van der Waals surface area contributed by atoms with Crippen LogP contribution in [0.25, 0.3) is 22.2 Å². The van der Waals surface area contributed by atoms with Crippen LogP contribution in [0.3, 0.4) is 0 Å². The zero-order valence-electron chi connectivity index (χ0n) is 14.3. The molecule has 0 saturated carbocycles. The zero-order chi connectivity index (χ0) is 17.9. The number of fused-ring (bicyclic) bond motifs is 1. The molecule has 4 rings (SSSR count). The van der Waals surface area contributed by atoms with E-state index in [0.29, 0.717) is 17.3 Å². The second kappa shape index (κ2) is 6.80. The third kappa shape index (κ3) is 3.19. The van der Waals surface area contributed by atoms with Crippen molar-refractivity contribution in [2.24, 2.45) is 0 Å². The average molecular weight is 343 g/mol. The van der Waals surface area contributed by atoms with E-state index in [1.54, 1.807) is 11.9 Å². The van der Waals surface area contributed by atoms with Crippen LogP contribution < -0.4 is 0 Å². The normalized spacial score (nSPS) is 10.8. The Labute approximate surface area is 150 Å². The van der Waals surface area contributed by atoms with Gasteiger partial charge in [0.25, 0.3) is 5.91 Å². The zero-order valence-corrected chi connectivity index (χ0v) is 14.3. The molecule has 0 bridgehead atoms. The molecule has 1 aromatic heterocycles. The van der Waals surface area contributed by atoms with Crippen LogP contribution in [0, 0.1) is 0 Å². The third-order valence-corrected chi connectivity index (χ3v) is 4.20. The summed E-state index contributed by atoms with van der Waals surface area (Å²) < 4.78 is 5.68. The number of hydrogen-bond acceptors (Lipinski definition) is 4. The highest BCUT2D eigenvalue weighted by atomic mass is 16.4. The Morgan fingerprint density at radius 2 is 1.65 bits per heavy atom. The van der Waals surface area contributed by atoms with Gasteiger partial charge in [0.1, 0.15) is 0 Å². The fourth-order valence-electron chi connectivity index (χ4n) is 2.83. The highest BCUT2D eigenvalue weighted by molar-refractivity contribution is 5.98. The first-order valence-electron chi connectivity index (χ1n) is 8.33. The van der Waals surface area contributed by atoms with Gasteiger partial charge in [0.05, 0.1) is 6.54 Å². The van der Waals surface area contributed by atoms with Gasteiger partial charge in [0.2, 0.25) is 11.8 Å². The van der Waals surface area contributed by atoms with Gasteiger partial charge >= 0.3 is 0 Å². The summed E-state index contributed by atoms with van der Waals surface area (Å²) in [6, 6.07) is 23.2. The number of aromatic nitrogens is 2. The maximum atomic E-state index is 12.7. The lowest BCUT2D eigenvalue weighted by atomic mass is 10.1. The van der Waals surface area contributed by atoms with Crippen LogP contribution in [0.1, 0.15) is 16.2 Å². The lowest BCUT2D eigenvalue weighted by Gasteiger charge is -2.15. The first-order chi connectivity index (χ1) is 12.7. The summed E-state index contributed by atoms with van der Waals surface area (Å²) in [6.45, 7) is 0.255. The minimum atomic E-state index is -0.0878. The highest BCUT2D eigenvalue weighted by Crippen LogP contribution is 2.19. The fourth-order valence-corrected chi connectivity index (χ4v) is 2.83. The predicted octanol–water partition coefficient (Wildman–Crippen LogP) is 4.16. The van der Waals surface area contributed by atoms with Crippen molar-refractivity contribution in [3.05, 3.63) is 84.3 Å². The molecule has 0 N–H and O–H groups in total. The average Bonchev–Trinajstić information content (AvgIpc) is 3.16. The summed E-state index contributed by atoms with van der Waals surface area (Å²) in [4.78, 5) is 14.3. The molecule has 0 atom stereocenters. The Hall–Kier alpha value is -3.47. The first-order valence-corrected chi connectivity index (χ1v) is 8.33. The Bertz CT molecular complexity index is 1060. The Morgan fingerprint density at radius 1 is 0.923 bits per heavy atom. The van der Waals surface area contributed by atoms with Crippen molar-refractivity contribution >= 4 is 16.7 Å².